The summed E-state index contributed by atoms with van der Waals surface area (Å²) >= 11 is 8.99. The molecule has 1 rings (SSSR count). The zero-order chi connectivity index (χ0) is 8.97. The Hall–Kier alpha value is -0.340. The molecule has 0 amide bonds. The smallest absolute Gasteiger partial charge is 0.138 e. The monoisotopic (exact) mass is 246 g/mol. The highest BCUT2D eigenvalue weighted by molar-refractivity contribution is 9.10. The number of benzene rings is 1. The summed E-state index contributed by atoms with van der Waals surface area (Å²) in [5.41, 5.74) is 1.07. The van der Waals surface area contributed by atoms with Crippen LogP contribution >= 0.6 is 27.5 Å². The fourth-order valence-electron chi connectivity index (χ4n) is 0.894. The Balaban J connectivity index is 2.64. The standard InChI is InChI=1S/C9H8BrClO/c10-8-3-1-7(2-4-8)5-9(11)6-12/h1-4,6,9H,5H2. The van der Waals surface area contributed by atoms with E-state index in [0.717, 1.165) is 16.3 Å². The summed E-state index contributed by atoms with van der Waals surface area (Å²) in [6.07, 6.45) is 1.35. The van der Waals surface area contributed by atoms with E-state index in [0.29, 0.717) is 6.42 Å². The van der Waals surface area contributed by atoms with Crippen molar-refractivity contribution in [2.75, 3.05) is 0 Å². The molecule has 0 saturated carbocycles. The van der Waals surface area contributed by atoms with Gasteiger partial charge in [0.2, 0.25) is 0 Å². The lowest BCUT2D eigenvalue weighted by molar-refractivity contribution is -0.107. The van der Waals surface area contributed by atoms with Gasteiger partial charge in [-0.05, 0) is 24.1 Å². The van der Waals surface area contributed by atoms with Crippen LogP contribution in [0, 0.1) is 0 Å². The minimum absolute atomic E-state index is 0.411. The van der Waals surface area contributed by atoms with Crippen LogP contribution in [0.1, 0.15) is 5.56 Å². The molecule has 1 unspecified atom stereocenters. The SMILES string of the molecule is O=CC(Cl)Cc1ccc(Br)cc1. The largest absolute Gasteiger partial charge is 0.302 e. The molecule has 0 bridgehead atoms. The van der Waals surface area contributed by atoms with Crippen molar-refractivity contribution < 1.29 is 4.79 Å². The molecule has 1 aromatic rings. The van der Waals surface area contributed by atoms with Crippen molar-refractivity contribution in [3.8, 4) is 0 Å². The topological polar surface area (TPSA) is 17.1 Å². The quantitative estimate of drug-likeness (QED) is 0.593. The second kappa shape index (κ2) is 4.63. The highest BCUT2D eigenvalue weighted by Crippen LogP contribution is 2.12. The van der Waals surface area contributed by atoms with Crippen molar-refractivity contribution in [1.29, 1.82) is 0 Å². The first-order chi connectivity index (χ1) is 5.72. The van der Waals surface area contributed by atoms with E-state index in [1.165, 1.54) is 0 Å². The van der Waals surface area contributed by atoms with Gasteiger partial charge < -0.3 is 4.79 Å². The van der Waals surface area contributed by atoms with Crippen LogP contribution in [0.15, 0.2) is 28.7 Å². The first-order valence-corrected chi connectivity index (χ1v) is 4.79. The predicted octanol–water partition coefficient (Wildman–Crippen LogP) is 2.80. The normalized spacial score (nSPS) is 12.5. The number of hydrogen-bond acceptors (Lipinski definition) is 1. The Bertz CT molecular complexity index is 258. The van der Waals surface area contributed by atoms with Crippen molar-refractivity contribution in [1.82, 2.24) is 0 Å². The van der Waals surface area contributed by atoms with Gasteiger partial charge in [-0.3, -0.25) is 0 Å². The molecule has 0 N–H and O–H groups in total. The Morgan fingerprint density at radius 1 is 1.42 bits per heavy atom. The molecule has 0 spiro atoms. The molecule has 0 aromatic heterocycles. The summed E-state index contributed by atoms with van der Waals surface area (Å²) < 4.78 is 1.03. The van der Waals surface area contributed by atoms with Gasteiger partial charge in [-0.25, -0.2) is 0 Å². The maximum Gasteiger partial charge on any atom is 0.138 e. The third-order valence-corrected chi connectivity index (χ3v) is 2.28. The molecule has 0 heterocycles. The second-order valence-electron chi connectivity index (χ2n) is 2.48. The number of rotatable bonds is 3. The van der Waals surface area contributed by atoms with Crippen LogP contribution in [-0.4, -0.2) is 11.7 Å². The van der Waals surface area contributed by atoms with E-state index in [1.807, 2.05) is 24.3 Å². The van der Waals surface area contributed by atoms with Gasteiger partial charge in [0.05, 0.1) is 5.38 Å². The Kier molecular flexibility index (Phi) is 3.76. The number of carbonyl (C=O) groups excluding carboxylic acids is 1. The molecular formula is C9H8BrClO. The summed E-state index contributed by atoms with van der Waals surface area (Å²) in [7, 11) is 0. The van der Waals surface area contributed by atoms with Crippen LogP contribution in [0.3, 0.4) is 0 Å². The van der Waals surface area contributed by atoms with Gasteiger partial charge >= 0.3 is 0 Å². The van der Waals surface area contributed by atoms with E-state index in [1.54, 1.807) is 0 Å². The Labute approximate surface area is 84.9 Å². The van der Waals surface area contributed by atoms with Gasteiger partial charge in [-0.2, -0.15) is 0 Å². The first kappa shape index (κ1) is 9.75. The Morgan fingerprint density at radius 2 is 2.00 bits per heavy atom. The lowest BCUT2D eigenvalue weighted by Gasteiger charge is -2.01. The van der Waals surface area contributed by atoms with Gasteiger partial charge in [0, 0.05) is 4.47 Å². The first-order valence-electron chi connectivity index (χ1n) is 3.56. The number of carbonyl (C=O) groups is 1. The van der Waals surface area contributed by atoms with E-state index >= 15 is 0 Å². The molecule has 0 fully saturated rings. The molecule has 64 valence electrons. The van der Waals surface area contributed by atoms with Gasteiger partial charge in [-0.15, -0.1) is 11.6 Å². The average molecular weight is 248 g/mol. The summed E-state index contributed by atoms with van der Waals surface area (Å²) in [6.45, 7) is 0. The van der Waals surface area contributed by atoms with E-state index < -0.39 is 5.38 Å². The molecule has 3 heteroatoms. The molecule has 12 heavy (non-hydrogen) atoms. The van der Waals surface area contributed by atoms with Gasteiger partial charge in [0.1, 0.15) is 6.29 Å². The van der Waals surface area contributed by atoms with E-state index in [2.05, 4.69) is 15.9 Å². The summed E-state index contributed by atoms with van der Waals surface area (Å²) in [5.74, 6) is 0. The van der Waals surface area contributed by atoms with E-state index in [9.17, 15) is 4.79 Å². The molecule has 0 aliphatic carbocycles. The lowest BCUT2D eigenvalue weighted by Crippen LogP contribution is -2.03. The third-order valence-electron chi connectivity index (χ3n) is 1.49. The van der Waals surface area contributed by atoms with Crippen molar-refractivity contribution in [2.45, 2.75) is 11.8 Å². The van der Waals surface area contributed by atoms with E-state index in [-0.39, 0.29) is 0 Å². The fraction of sp³-hybridized carbons (Fsp3) is 0.222. The molecule has 1 aromatic carbocycles. The van der Waals surface area contributed by atoms with Crippen molar-refractivity contribution in [2.24, 2.45) is 0 Å². The minimum atomic E-state index is -0.411. The molecule has 1 nitrogen and oxygen atoms in total. The molecule has 0 aliphatic heterocycles. The van der Waals surface area contributed by atoms with Gasteiger partial charge in [0.25, 0.3) is 0 Å². The van der Waals surface area contributed by atoms with E-state index in [4.69, 9.17) is 11.6 Å². The van der Waals surface area contributed by atoms with Crippen molar-refractivity contribution in [3.63, 3.8) is 0 Å². The van der Waals surface area contributed by atoms with Crippen LogP contribution in [0.2, 0.25) is 0 Å². The highest BCUT2D eigenvalue weighted by Gasteiger charge is 2.02. The average Bonchev–Trinajstić information content (AvgIpc) is 2.09. The molecule has 0 aliphatic rings. The van der Waals surface area contributed by atoms with Crippen LogP contribution in [0.5, 0.6) is 0 Å². The van der Waals surface area contributed by atoms with Gasteiger partial charge in [-0.1, -0.05) is 28.1 Å². The molecule has 0 radical (unpaired) electrons. The van der Waals surface area contributed by atoms with Gasteiger partial charge in [0.15, 0.2) is 0 Å². The molecule has 1 atom stereocenters. The third kappa shape index (κ3) is 2.95. The highest BCUT2D eigenvalue weighted by atomic mass is 79.9. The van der Waals surface area contributed by atoms with Crippen LogP contribution < -0.4 is 0 Å². The Morgan fingerprint density at radius 3 is 2.50 bits per heavy atom. The fourth-order valence-corrected chi connectivity index (χ4v) is 1.34. The zero-order valence-electron chi connectivity index (χ0n) is 6.34. The van der Waals surface area contributed by atoms with Crippen molar-refractivity contribution >= 4 is 33.8 Å². The van der Waals surface area contributed by atoms with Crippen LogP contribution in [0.25, 0.3) is 0 Å². The van der Waals surface area contributed by atoms with Crippen LogP contribution in [-0.2, 0) is 11.2 Å². The zero-order valence-corrected chi connectivity index (χ0v) is 8.68. The summed E-state index contributed by atoms with van der Waals surface area (Å²) in [5, 5.41) is -0.411. The number of aldehydes is 1. The number of halogens is 2. The minimum Gasteiger partial charge on any atom is -0.302 e. The molecule has 0 saturated heterocycles. The summed E-state index contributed by atoms with van der Waals surface area (Å²) in [6, 6.07) is 7.76. The molecular weight excluding hydrogens is 239 g/mol. The van der Waals surface area contributed by atoms with Crippen molar-refractivity contribution in [3.05, 3.63) is 34.3 Å². The maximum absolute atomic E-state index is 10.2. The maximum atomic E-state index is 10.2. The predicted molar refractivity (Wildman–Crippen MR) is 53.6 cm³/mol. The van der Waals surface area contributed by atoms with Crippen LogP contribution in [0.4, 0.5) is 0 Å². The second-order valence-corrected chi connectivity index (χ2v) is 3.96. The lowest BCUT2D eigenvalue weighted by atomic mass is 10.1. The number of alkyl halides is 1. The summed E-state index contributed by atoms with van der Waals surface area (Å²) in [4.78, 5) is 10.2. The number of hydrogen-bond donors (Lipinski definition) is 0.